The summed E-state index contributed by atoms with van der Waals surface area (Å²) in [5.74, 6) is 1.64. The smallest absolute Gasteiger partial charge is 0.159 e. The molecule has 0 unspecified atom stereocenters. The predicted molar refractivity (Wildman–Crippen MR) is 75.2 cm³/mol. The molecule has 0 heterocycles. The van der Waals surface area contributed by atoms with Crippen LogP contribution in [0.4, 0.5) is 5.69 Å². The number of ether oxygens (including phenoxy) is 1. The molecular formula is C12H19N3OS. The number of methoxy groups -OCH3 is 1. The molecule has 0 radical (unpaired) electrons. The van der Waals surface area contributed by atoms with Gasteiger partial charge in [-0.1, -0.05) is 24.8 Å². The standard InChI is InChI=1S/C12H19N3OS/c1-3-17-12(14)15-10-5-4-9(6-7-13)8-11(10)16-2/h4-5,8H,3,6-7,13H2,1-2H3,(H2,14,15). The van der Waals surface area contributed by atoms with Crippen LogP contribution in [0, 0.1) is 0 Å². The van der Waals surface area contributed by atoms with Crippen molar-refractivity contribution < 1.29 is 4.74 Å². The topological polar surface area (TPSA) is 73.6 Å². The first kappa shape index (κ1) is 13.9. The Morgan fingerprint density at radius 1 is 1.47 bits per heavy atom. The largest absolute Gasteiger partial charge is 0.494 e. The van der Waals surface area contributed by atoms with Crippen molar-refractivity contribution >= 4 is 22.6 Å². The van der Waals surface area contributed by atoms with Gasteiger partial charge in [0.25, 0.3) is 0 Å². The van der Waals surface area contributed by atoms with E-state index in [-0.39, 0.29) is 0 Å². The Balaban J connectivity index is 2.96. The van der Waals surface area contributed by atoms with E-state index in [1.807, 2.05) is 25.1 Å². The maximum Gasteiger partial charge on any atom is 0.159 e. The normalized spacial score (nSPS) is 11.6. The Hall–Kier alpha value is -1.20. The van der Waals surface area contributed by atoms with E-state index in [9.17, 15) is 0 Å². The Morgan fingerprint density at radius 3 is 2.82 bits per heavy atom. The van der Waals surface area contributed by atoms with E-state index in [0.29, 0.717) is 11.7 Å². The second-order valence-corrected chi connectivity index (χ2v) is 4.71. The molecule has 5 heteroatoms. The van der Waals surface area contributed by atoms with Crippen LogP contribution in [0.25, 0.3) is 0 Å². The minimum atomic E-state index is 0.553. The third-order valence-corrected chi connectivity index (χ3v) is 2.88. The van der Waals surface area contributed by atoms with E-state index in [2.05, 4.69) is 4.99 Å². The van der Waals surface area contributed by atoms with Gasteiger partial charge in [0.1, 0.15) is 11.4 Å². The molecule has 0 aliphatic rings. The number of hydrogen-bond donors (Lipinski definition) is 2. The molecule has 0 saturated carbocycles. The van der Waals surface area contributed by atoms with Gasteiger partial charge in [0.05, 0.1) is 7.11 Å². The third-order valence-electron chi connectivity index (χ3n) is 2.20. The lowest BCUT2D eigenvalue weighted by atomic mass is 10.1. The molecule has 94 valence electrons. The van der Waals surface area contributed by atoms with E-state index in [1.54, 1.807) is 7.11 Å². The Kier molecular flexibility index (Phi) is 5.86. The lowest BCUT2D eigenvalue weighted by Gasteiger charge is -2.07. The molecule has 0 atom stereocenters. The molecule has 0 saturated heterocycles. The van der Waals surface area contributed by atoms with Crippen LogP contribution >= 0.6 is 11.8 Å². The number of hydrogen-bond acceptors (Lipinski definition) is 4. The summed E-state index contributed by atoms with van der Waals surface area (Å²) in [5.41, 5.74) is 13.2. The molecule has 0 aromatic heterocycles. The first-order valence-electron chi connectivity index (χ1n) is 5.55. The maximum absolute atomic E-state index is 5.77. The van der Waals surface area contributed by atoms with Crippen LogP contribution in [0.2, 0.25) is 0 Å². The zero-order chi connectivity index (χ0) is 12.7. The van der Waals surface area contributed by atoms with Crippen LogP contribution in [-0.4, -0.2) is 24.6 Å². The molecule has 1 rings (SSSR count). The van der Waals surface area contributed by atoms with Crippen LogP contribution in [0.5, 0.6) is 5.75 Å². The van der Waals surface area contributed by atoms with Gasteiger partial charge in [-0.25, -0.2) is 4.99 Å². The van der Waals surface area contributed by atoms with E-state index >= 15 is 0 Å². The number of amidine groups is 1. The van der Waals surface area contributed by atoms with E-state index in [4.69, 9.17) is 16.2 Å². The number of nitrogens with zero attached hydrogens (tertiary/aromatic N) is 1. The number of benzene rings is 1. The Labute approximate surface area is 106 Å². The molecular weight excluding hydrogens is 234 g/mol. The van der Waals surface area contributed by atoms with Gasteiger partial charge in [-0.2, -0.15) is 0 Å². The number of nitrogens with two attached hydrogens (primary N) is 2. The molecule has 0 aliphatic carbocycles. The average molecular weight is 253 g/mol. The summed E-state index contributed by atoms with van der Waals surface area (Å²) in [6, 6.07) is 5.86. The number of aliphatic imine (C=N–C) groups is 1. The number of rotatable bonds is 5. The molecule has 0 fully saturated rings. The molecule has 0 aliphatic heterocycles. The van der Waals surface area contributed by atoms with Crippen LogP contribution in [0.3, 0.4) is 0 Å². The fourth-order valence-electron chi connectivity index (χ4n) is 1.44. The molecule has 17 heavy (non-hydrogen) atoms. The van der Waals surface area contributed by atoms with E-state index in [1.165, 1.54) is 11.8 Å². The summed E-state index contributed by atoms with van der Waals surface area (Å²) < 4.78 is 5.30. The summed E-state index contributed by atoms with van der Waals surface area (Å²) >= 11 is 1.51. The highest BCUT2D eigenvalue weighted by atomic mass is 32.2. The fraction of sp³-hybridized carbons (Fsp3) is 0.417. The van der Waals surface area contributed by atoms with E-state index < -0.39 is 0 Å². The van der Waals surface area contributed by atoms with Crippen molar-refractivity contribution in [3.05, 3.63) is 23.8 Å². The van der Waals surface area contributed by atoms with Gasteiger partial charge in [0, 0.05) is 0 Å². The zero-order valence-corrected chi connectivity index (χ0v) is 11.1. The van der Waals surface area contributed by atoms with E-state index in [0.717, 1.165) is 29.2 Å². The van der Waals surface area contributed by atoms with Crippen molar-refractivity contribution in [3.63, 3.8) is 0 Å². The molecule has 0 amide bonds. The van der Waals surface area contributed by atoms with Crippen molar-refractivity contribution in [1.82, 2.24) is 0 Å². The molecule has 0 spiro atoms. The lowest BCUT2D eigenvalue weighted by Crippen LogP contribution is -2.06. The Bertz CT molecular complexity index is 393. The molecule has 4 N–H and O–H groups in total. The van der Waals surface area contributed by atoms with Crippen molar-refractivity contribution in [3.8, 4) is 5.75 Å². The van der Waals surface area contributed by atoms with Gasteiger partial charge in [-0.15, -0.1) is 0 Å². The van der Waals surface area contributed by atoms with Crippen LogP contribution < -0.4 is 16.2 Å². The summed E-state index contributed by atoms with van der Waals surface area (Å²) in [6.07, 6.45) is 0.833. The second kappa shape index (κ2) is 7.19. The molecule has 0 bridgehead atoms. The summed E-state index contributed by atoms with van der Waals surface area (Å²) in [6.45, 7) is 2.66. The zero-order valence-electron chi connectivity index (χ0n) is 10.3. The first-order valence-corrected chi connectivity index (χ1v) is 6.53. The first-order chi connectivity index (χ1) is 8.21. The van der Waals surface area contributed by atoms with Gasteiger partial charge >= 0.3 is 0 Å². The van der Waals surface area contributed by atoms with Crippen LogP contribution in [0.15, 0.2) is 23.2 Å². The monoisotopic (exact) mass is 253 g/mol. The minimum absolute atomic E-state index is 0.553. The summed E-state index contributed by atoms with van der Waals surface area (Å²) in [5, 5.41) is 0.553. The van der Waals surface area contributed by atoms with Gasteiger partial charge in [-0.3, -0.25) is 0 Å². The van der Waals surface area contributed by atoms with Crippen LogP contribution in [0.1, 0.15) is 12.5 Å². The highest BCUT2D eigenvalue weighted by molar-refractivity contribution is 8.13. The van der Waals surface area contributed by atoms with Gasteiger partial charge in [0.15, 0.2) is 5.17 Å². The second-order valence-electron chi connectivity index (χ2n) is 3.43. The van der Waals surface area contributed by atoms with Gasteiger partial charge < -0.3 is 16.2 Å². The molecule has 1 aromatic rings. The fourth-order valence-corrected chi connectivity index (χ4v) is 1.89. The maximum atomic E-state index is 5.77. The predicted octanol–water partition coefficient (Wildman–Crippen LogP) is 1.90. The lowest BCUT2D eigenvalue weighted by molar-refractivity contribution is 0.415. The third kappa shape index (κ3) is 4.28. The van der Waals surface area contributed by atoms with Crippen molar-refractivity contribution in [2.24, 2.45) is 16.5 Å². The summed E-state index contributed by atoms with van der Waals surface area (Å²) in [4.78, 5) is 4.32. The average Bonchev–Trinajstić information content (AvgIpc) is 2.31. The van der Waals surface area contributed by atoms with Gasteiger partial charge in [-0.05, 0) is 36.4 Å². The van der Waals surface area contributed by atoms with Crippen molar-refractivity contribution in [2.45, 2.75) is 13.3 Å². The van der Waals surface area contributed by atoms with Crippen LogP contribution in [-0.2, 0) is 6.42 Å². The highest BCUT2D eigenvalue weighted by Crippen LogP contribution is 2.29. The Morgan fingerprint density at radius 2 is 2.24 bits per heavy atom. The SMILES string of the molecule is CCSC(N)=Nc1ccc(CCN)cc1OC. The van der Waals surface area contributed by atoms with Crippen molar-refractivity contribution in [1.29, 1.82) is 0 Å². The minimum Gasteiger partial charge on any atom is -0.494 e. The quantitative estimate of drug-likeness (QED) is 0.621. The number of thioether (sulfide) groups is 1. The van der Waals surface area contributed by atoms with Crippen molar-refractivity contribution in [2.75, 3.05) is 19.4 Å². The highest BCUT2D eigenvalue weighted by Gasteiger charge is 2.04. The summed E-state index contributed by atoms with van der Waals surface area (Å²) in [7, 11) is 1.63. The molecule has 4 nitrogen and oxygen atoms in total. The van der Waals surface area contributed by atoms with Gasteiger partial charge in [0.2, 0.25) is 0 Å². The molecule has 1 aromatic carbocycles.